The first-order valence-corrected chi connectivity index (χ1v) is 13.2. The van der Waals surface area contributed by atoms with Crippen molar-refractivity contribution in [3.05, 3.63) is 23.1 Å². The number of morpholine rings is 1. The van der Waals surface area contributed by atoms with E-state index < -0.39 is 41.0 Å². The third-order valence-corrected chi connectivity index (χ3v) is 8.77. The molecule has 4 aliphatic rings. The van der Waals surface area contributed by atoms with Crippen LogP contribution in [0.4, 0.5) is 10.1 Å². The van der Waals surface area contributed by atoms with Gasteiger partial charge in [0, 0.05) is 11.9 Å². The zero-order valence-electron chi connectivity index (χ0n) is 20.8. The van der Waals surface area contributed by atoms with Gasteiger partial charge in [0.15, 0.2) is 11.6 Å². The number of nitrogens with one attached hydrogen (secondary N) is 1. The second-order valence-electron chi connectivity index (χ2n) is 11.1. The fourth-order valence-electron chi connectivity index (χ4n) is 7.19. The van der Waals surface area contributed by atoms with E-state index in [1.165, 1.54) is 32.1 Å². The first kappa shape index (κ1) is 23.6. The summed E-state index contributed by atoms with van der Waals surface area (Å²) in [6.07, 6.45) is 6.77. The van der Waals surface area contributed by atoms with Crippen LogP contribution in [0.25, 0.3) is 11.0 Å². The van der Waals surface area contributed by atoms with Gasteiger partial charge in [-0.15, -0.1) is 0 Å². The molecule has 1 N–H and O–H groups in total. The number of nitrogens with zero attached hydrogens (tertiary/aromatic N) is 2. The summed E-state index contributed by atoms with van der Waals surface area (Å²) in [5.74, 6) is -1.53. The molecule has 1 saturated carbocycles. The Labute approximate surface area is 208 Å². The molecule has 3 aliphatic heterocycles. The number of benzene rings is 1. The minimum absolute atomic E-state index is 0.00360. The van der Waals surface area contributed by atoms with E-state index in [1.807, 2.05) is 13.0 Å². The van der Waals surface area contributed by atoms with E-state index in [1.54, 1.807) is 11.8 Å². The predicted octanol–water partition coefficient (Wildman–Crippen LogP) is 3.62. The number of hydrogen-bond acceptors (Lipinski definition) is 7. The van der Waals surface area contributed by atoms with E-state index in [0.29, 0.717) is 41.2 Å². The van der Waals surface area contributed by atoms with Crippen molar-refractivity contribution in [2.45, 2.75) is 89.9 Å². The van der Waals surface area contributed by atoms with Gasteiger partial charge < -0.3 is 14.2 Å². The topological polar surface area (TPSA) is 102 Å². The van der Waals surface area contributed by atoms with E-state index in [4.69, 9.17) is 9.26 Å². The van der Waals surface area contributed by atoms with Crippen LogP contribution in [0.15, 0.2) is 10.6 Å². The molecule has 0 bridgehead atoms. The number of rotatable bonds is 3. The third kappa shape index (κ3) is 3.49. The zero-order chi connectivity index (χ0) is 25.2. The molecule has 192 valence electrons. The molecule has 9 heteroatoms. The number of imide groups is 1. The van der Waals surface area contributed by atoms with Gasteiger partial charge in [0.25, 0.3) is 0 Å². The first-order chi connectivity index (χ1) is 17.3. The Balaban J connectivity index is 1.45. The van der Waals surface area contributed by atoms with Crippen molar-refractivity contribution in [1.29, 1.82) is 0 Å². The van der Waals surface area contributed by atoms with Gasteiger partial charge in [-0.05, 0) is 50.7 Å². The summed E-state index contributed by atoms with van der Waals surface area (Å²) in [7, 11) is 0. The van der Waals surface area contributed by atoms with Crippen molar-refractivity contribution >= 4 is 34.3 Å². The Bertz CT molecular complexity index is 1230. The molecule has 3 fully saturated rings. The van der Waals surface area contributed by atoms with Crippen molar-refractivity contribution in [2.75, 3.05) is 11.4 Å². The minimum atomic E-state index is -1.53. The Morgan fingerprint density at radius 1 is 1.19 bits per heavy atom. The van der Waals surface area contributed by atoms with E-state index in [0.717, 1.165) is 6.42 Å². The molecule has 2 amide bonds. The number of piperidine rings is 1. The monoisotopic (exact) mass is 497 g/mol. The van der Waals surface area contributed by atoms with Crippen LogP contribution in [0, 0.1) is 17.2 Å². The summed E-state index contributed by atoms with van der Waals surface area (Å²) < 4.78 is 27.7. The number of fused-ring (bicyclic) bond motifs is 5. The molecule has 0 radical (unpaired) electrons. The molecule has 2 aromatic rings. The van der Waals surface area contributed by atoms with Gasteiger partial charge in [-0.25, -0.2) is 4.39 Å². The average Bonchev–Trinajstić information content (AvgIpc) is 3.24. The van der Waals surface area contributed by atoms with Crippen LogP contribution in [0.5, 0.6) is 0 Å². The highest BCUT2D eigenvalue weighted by Gasteiger charge is 2.62. The largest absolute Gasteiger partial charge is 0.372 e. The molecule has 1 spiro atoms. The third-order valence-electron chi connectivity index (χ3n) is 8.77. The van der Waals surface area contributed by atoms with Gasteiger partial charge in [-0.3, -0.25) is 19.7 Å². The highest BCUT2D eigenvalue weighted by atomic mass is 19.1. The molecule has 1 unspecified atom stereocenters. The molecular weight excluding hydrogens is 465 g/mol. The van der Waals surface area contributed by atoms with Crippen LogP contribution in [0.2, 0.25) is 0 Å². The number of ether oxygens (including phenoxy) is 1. The number of hydrogen-bond donors (Lipinski definition) is 1. The molecule has 8 nitrogen and oxygen atoms in total. The van der Waals surface area contributed by atoms with Gasteiger partial charge in [0.1, 0.15) is 5.41 Å². The number of aryl methyl sites for hydroxylation is 1. The number of carbonyl (C=O) groups is 3. The van der Waals surface area contributed by atoms with Crippen molar-refractivity contribution in [1.82, 2.24) is 10.5 Å². The van der Waals surface area contributed by atoms with Crippen LogP contribution >= 0.6 is 0 Å². The molecule has 6 rings (SSSR count). The predicted molar refractivity (Wildman–Crippen MR) is 129 cm³/mol. The molecule has 36 heavy (non-hydrogen) atoms. The Hall–Kier alpha value is -2.81. The number of Topliss-reactive ketones (excluding diaryl/α,β-unsaturated/α-hetero) is 1. The SMILES string of the molecule is C[C@@H]1CN2c3c(cc4c(CCC5CCCCC5)noc4c3F)CC3(C(=O)CC(=O)NC3=O)[C@H]2[C@H](C)O1. The summed E-state index contributed by atoms with van der Waals surface area (Å²) in [4.78, 5) is 40.6. The summed E-state index contributed by atoms with van der Waals surface area (Å²) in [5, 5.41) is 7.22. The molecule has 2 saturated heterocycles. The lowest BCUT2D eigenvalue weighted by Gasteiger charge is -2.55. The first-order valence-electron chi connectivity index (χ1n) is 13.2. The van der Waals surface area contributed by atoms with Crippen LogP contribution in [-0.2, 0) is 32.0 Å². The van der Waals surface area contributed by atoms with E-state index >= 15 is 4.39 Å². The molecule has 1 aliphatic carbocycles. The lowest BCUT2D eigenvalue weighted by Crippen LogP contribution is -2.72. The van der Waals surface area contributed by atoms with Gasteiger partial charge in [-0.2, -0.15) is 0 Å². The lowest BCUT2D eigenvalue weighted by molar-refractivity contribution is -0.158. The normalized spacial score (nSPS) is 31.0. The van der Waals surface area contributed by atoms with Crippen LogP contribution in [0.1, 0.15) is 70.1 Å². The molecule has 1 aromatic carbocycles. The molecule has 4 atom stereocenters. The second-order valence-corrected chi connectivity index (χ2v) is 11.1. The lowest BCUT2D eigenvalue weighted by atomic mass is 9.63. The second kappa shape index (κ2) is 8.64. The Morgan fingerprint density at radius 2 is 1.97 bits per heavy atom. The average molecular weight is 498 g/mol. The summed E-state index contributed by atoms with van der Waals surface area (Å²) in [5.41, 5.74) is 0.209. The molecule has 1 aromatic heterocycles. The highest BCUT2D eigenvalue weighted by Crippen LogP contribution is 2.50. The van der Waals surface area contributed by atoms with Crippen molar-refractivity contribution in [3.8, 4) is 0 Å². The van der Waals surface area contributed by atoms with Gasteiger partial charge in [0.2, 0.25) is 17.4 Å². The van der Waals surface area contributed by atoms with E-state index in [-0.39, 0.29) is 24.5 Å². The number of anilines is 1. The maximum absolute atomic E-state index is 16.1. The number of ketones is 1. The molecule has 4 heterocycles. The van der Waals surface area contributed by atoms with Crippen LogP contribution < -0.4 is 10.2 Å². The number of halogens is 1. The quantitative estimate of drug-likeness (QED) is 0.511. The zero-order valence-corrected chi connectivity index (χ0v) is 20.8. The van der Waals surface area contributed by atoms with E-state index in [9.17, 15) is 14.4 Å². The maximum Gasteiger partial charge on any atom is 0.242 e. The number of carbonyl (C=O) groups excluding carboxylic acids is 3. The smallest absolute Gasteiger partial charge is 0.242 e. The standard InChI is InChI=1S/C27H32FN3O5/c1-14-13-31-23-17(12-27(25(31)15(2)35-14)20(32)11-21(33)29-26(27)34)10-18-19(30-36-24(18)22(23)28)9-8-16-6-4-3-5-7-16/h10,14-16,25H,3-9,11-13H2,1-2H3,(H,29,33,34)/t14-,15+,25-,27?/m1/s1. The van der Waals surface area contributed by atoms with Gasteiger partial charge >= 0.3 is 0 Å². The highest BCUT2D eigenvalue weighted by molar-refractivity contribution is 6.22. The summed E-state index contributed by atoms with van der Waals surface area (Å²) in [6, 6.07) is 1.11. The van der Waals surface area contributed by atoms with Gasteiger partial charge in [-0.1, -0.05) is 37.3 Å². The van der Waals surface area contributed by atoms with Crippen molar-refractivity contribution in [2.24, 2.45) is 11.3 Å². The minimum Gasteiger partial charge on any atom is -0.372 e. The maximum atomic E-state index is 16.1. The fourth-order valence-corrected chi connectivity index (χ4v) is 7.19. The summed E-state index contributed by atoms with van der Waals surface area (Å²) in [6.45, 7) is 3.99. The van der Waals surface area contributed by atoms with Crippen LogP contribution in [0.3, 0.4) is 0 Å². The number of aromatic nitrogens is 1. The fraction of sp³-hybridized carbons (Fsp3) is 0.630. The van der Waals surface area contributed by atoms with Crippen LogP contribution in [-0.4, -0.2) is 47.5 Å². The molecular formula is C27H32FN3O5. The van der Waals surface area contributed by atoms with E-state index in [2.05, 4.69) is 10.5 Å². The van der Waals surface area contributed by atoms with Crippen molar-refractivity contribution < 1.29 is 28.0 Å². The van der Waals surface area contributed by atoms with Crippen molar-refractivity contribution in [3.63, 3.8) is 0 Å². The van der Waals surface area contributed by atoms with Gasteiger partial charge in [0.05, 0.1) is 36.1 Å². The summed E-state index contributed by atoms with van der Waals surface area (Å²) >= 11 is 0. The Kier molecular flexibility index (Phi) is 5.66. The Morgan fingerprint density at radius 3 is 2.72 bits per heavy atom. The number of amides is 2.